The Kier molecular flexibility index (Phi) is 9.81. The zero-order valence-corrected chi connectivity index (χ0v) is 30.1. The van der Waals surface area contributed by atoms with E-state index < -0.39 is 29.2 Å². The number of amides is 1. The van der Waals surface area contributed by atoms with Crippen LogP contribution < -0.4 is 14.5 Å². The number of pyridine rings is 1. The van der Waals surface area contributed by atoms with Crippen molar-refractivity contribution in [3.63, 3.8) is 0 Å². The average molecular weight is 725 g/mol. The molecule has 0 N–H and O–H groups in total. The third-order valence-electron chi connectivity index (χ3n) is 9.75. The molecule has 0 spiro atoms. The molecule has 0 bridgehead atoms. The van der Waals surface area contributed by atoms with E-state index in [0.717, 1.165) is 44.0 Å². The van der Waals surface area contributed by atoms with Gasteiger partial charge in [0.1, 0.15) is 35.3 Å². The maximum Gasteiger partial charge on any atom is 0.429 e. The smallest absolute Gasteiger partial charge is 0.429 e. The summed E-state index contributed by atoms with van der Waals surface area (Å²) < 4.78 is 54.8. The number of hydrazine groups is 1. The molecule has 0 aliphatic carbocycles. The van der Waals surface area contributed by atoms with Gasteiger partial charge in [0.25, 0.3) is 0 Å². The second-order valence-corrected chi connectivity index (χ2v) is 14.9. The van der Waals surface area contributed by atoms with Gasteiger partial charge in [-0.05, 0) is 83.0 Å². The van der Waals surface area contributed by atoms with Gasteiger partial charge < -0.3 is 18.9 Å². The van der Waals surface area contributed by atoms with Crippen molar-refractivity contribution in [1.29, 1.82) is 0 Å². The molecule has 272 valence electrons. The Hall–Kier alpha value is -4.07. The molecule has 0 unspecified atom stereocenters. The third kappa shape index (κ3) is 7.07. The molecule has 0 saturated carbocycles. The van der Waals surface area contributed by atoms with Crippen molar-refractivity contribution in [2.24, 2.45) is 0 Å². The number of nitrogens with zero attached hydrogens (tertiary/aromatic N) is 6. The number of fused-ring (bicyclic) bond motifs is 3. The Morgan fingerprint density at radius 1 is 1.08 bits per heavy atom. The molecule has 3 aliphatic heterocycles. The van der Waals surface area contributed by atoms with Crippen LogP contribution >= 0.6 is 11.6 Å². The highest BCUT2D eigenvalue weighted by atomic mass is 35.5. The first-order valence-corrected chi connectivity index (χ1v) is 17.8. The van der Waals surface area contributed by atoms with Crippen LogP contribution in [-0.4, -0.2) is 95.0 Å². The van der Waals surface area contributed by atoms with Crippen molar-refractivity contribution >= 4 is 45.2 Å². The van der Waals surface area contributed by atoms with Crippen LogP contribution in [0.2, 0.25) is 5.02 Å². The van der Waals surface area contributed by atoms with Crippen LogP contribution in [0.3, 0.4) is 0 Å². The van der Waals surface area contributed by atoms with Gasteiger partial charge in [-0.3, -0.25) is 14.9 Å². The van der Waals surface area contributed by atoms with Gasteiger partial charge in [0.15, 0.2) is 18.4 Å². The highest BCUT2D eigenvalue weighted by Gasteiger charge is 2.49. The van der Waals surface area contributed by atoms with Gasteiger partial charge in [-0.25, -0.2) is 18.6 Å². The molecule has 51 heavy (non-hydrogen) atoms. The highest BCUT2D eigenvalue weighted by molar-refractivity contribution is 6.36. The normalized spacial score (nSPS) is 21.3. The SMILES string of the molecule is COCOc1cc(-c2ncc3c(N4CCCCCN4C(=O)OC(C)(C)C)nc(OC[C@@]45CCCN4C[C@H](F)C5)nc3c2F)c2c(Cl)cccc2c1. The van der Waals surface area contributed by atoms with Crippen LogP contribution in [0.1, 0.15) is 59.3 Å². The molecule has 5 heterocycles. The fourth-order valence-corrected chi connectivity index (χ4v) is 7.82. The molecule has 0 radical (unpaired) electrons. The monoisotopic (exact) mass is 724 g/mol. The van der Waals surface area contributed by atoms with Gasteiger partial charge in [-0.2, -0.15) is 9.97 Å². The topological polar surface area (TPSA) is 102 Å². The van der Waals surface area contributed by atoms with E-state index in [2.05, 4.69) is 14.9 Å². The molecule has 3 aliphatic rings. The lowest BCUT2D eigenvalue weighted by atomic mass is 9.95. The van der Waals surface area contributed by atoms with E-state index in [1.54, 1.807) is 29.3 Å². The summed E-state index contributed by atoms with van der Waals surface area (Å²) in [6.45, 7) is 7.49. The van der Waals surface area contributed by atoms with Gasteiger partial charge >= 0.3 is 12.1 Å². The second kappa shape index (κ2) is 14.2. The standard InChI is InChI=1S/C37H43ClF2N6O5/c1-36(2,3)51-35(47)46-15-7-5-6-14-45(46)33-27-19-41-31(26-17-25(50-22-48-4)16-23-10-8-11-28(38)29(23)26)30(40)32(27)42-34(43-33)49-21-37-12-9-13-44(37)20-24(39)18-37/h8,10-11,16-17,19,24H,5-7,9,12-15,18,20-22H2,1-4H3/t24-,37+/m1/s1. The minimum absolute atomic E-state index is 0.00411. The zero-order valence-electron chi connectivity index (χ0n) is 29.4. The van der Waals surface area contributed by atoms with Crippen molar-refractivity contribution in [2.75, 3.05) is 51.7 Å². The zero-order chi connectivity index (χ0) is 35.9. The van der Waals surface area contributed by atoms with E-state index in [0.29, 0.717) is 47.8 Å². The number of hydrogen-bond donors (Lipinski definition) is 0. The molecule has 2 aromatic carbocycles. The molecule has 11 nitrogen and oxygen atoms in total. The summed E-state index contributed by atoms with van der Waals surface area (Å²) in [5.41, 5.74) is -0.879. The maximum absolute atomic E-state index is 17.2. The summed E-state index contributed by atoms with van der Waals surface area (Å²) in [6, 6.07) is 8.79. The molecule has 4 aromatic rings. The highest BCUT2D eigenvalue weighted by Crippen LogP contribution is 2.42. The van der Waals surface area contributed by atoms with Gasteiger partial charge in [-0.15, -0.1) is 0 Å². The van der Waals surface area contributed by atoms with E-state index in [4.69, 9.17) is 35.5 Å². The lowest BCUT2D eigenvalue weighted by molar-refractivity contribution is 0.0232. The van der Waals surface area contributed by atoms with Crippen molar-refractivity contribution < 1.29 is 32.5 Å². The van der Waals surface area contributed by atoms with Gasteiger partial charge in [-0.1, -0.05) is 23.7 Å². The summed E-state index contributed by atoms with van der Waals surface area (Å²) in [6.07, 6.45) is 4.46. The first-order valence-electron chi connectivity index (χ1n) is 17.5. The molecular weight excluding hydrogens is 682 g/mol. The Bertz CT molecular complexity index is 1950. The largest absolute Gasteiger partial charge is 0.468 e. The Morgan fingerprint density at radius 2 is 1.90 bits per heavy atom. The van der Waals surface area contributed by atoms with Crippen molar-refractivity contribution in [2.45, 2.75) is 76.6 Å². The predicted octanol–water partition coefficient (Wildman–Crippen LogP) is 7.72. The van der Waals surface area contributed by atoms with E-state index in [1.807, 2.05) is 26.8 Å². The number of alkyl halides is 1. The lowest BCUT2D eigenvalue weighted by Crippen LogP contribution is -2.49. The van der Waals surface area contributed by atoms with Gasteiger partial charge in [0.05, 0.1) is 10.9 Å². The summed E-state index contributed by atoms with van der Waals surface area (Å²) >= 11 is 6.71. The molecule has 1 amide bonds. The minimum Gasteiger partial charge on any atom is -0.468 e. The first-order chi connectivity index (χ1) is 24.5. The molecule has 3 fully saturated rings. The van der Waals surface area contributed by atoms with Crippen LogP contribution in [0.4, 0.5) is 19.4 Å². The quantitative estimate of drug-likeness (QED) is 0.168. The number of methoxy groups -OCH3 is 1. The number of carbonyl (C=O) groups excluding carboxylic acids is 1. The number of aromatic nitrogens is 3. The Labute approximate surface area is 300 Å². The predicted molar refractivity (Wildman–Crippen MR) is 190 cm³/mol. The van der Waals surface area contributed by atoms with E-state index in [1.165, 1.54) is 18.3 Å². The second-order valence-electron chi connectivity index (χ2n) is 14.5. The number of rotatable bonds is 8. The molecule has 2 atom stereocenters. The van der Waals surface area contributed by atoms with Crippen LogP contribution in [-0.2, 0) is 9.47 Å². The lowest BCUT2D eigenvalue weighted by Gasteiger charge is -2.36. The number of benzene rings is 2. The minimum atomic E-state index is -0.946. The van der Waals surface area contributed by atoms with Gasteiger partial charge in [0, 0.05) is 55.3 Å². The van der Waals surface area contributed by atoms with E-state index in [-0.39, 0.29) is 41.8 Å². The average Bonchev–Trinajstić information content (AvgIpc) is 3.49. The van der Waals surface area contributed by atoms with Crippen LogP contribution in [0.15, 0.2) is 36.5 Å². The summed E-state index contributed by atoms with van der Waals surface area (Å²) in [4.78, 5) is 29.8. The van der Waals surface area contributed by atoms with E-state index >= 15 is 4.39 Å². The molecule has 14 heteroatoms. The fourth-order valence-electron chi connectivity index (χ4n) is 7.54. The Balaban J connectivity index is 1.38. The number of hydrogen-bond acceptors (Lipinski definition) is 10. The molecule has 2 aromatic heterocycles. The number of halogens is 3. The van der Waals surface area contributed by atoms with Crippen molar-refractivity contribution in [3.05, 3.63) is 47.4 Å². The number of ether oxygens (including phenoxy) is 4. The summed E-state index contributed by atoms with van der Waals surface area (Å²) in [5, 5.41) is 5.24. The Morgan fingerprint density at radius 3 is 2.71 bits per heavy atom. The maximum atomic E-state index is 17.2. The summed E-state index contributed by atoms with van der Waals surface area (Å²) in [5.74, 6) is -0.0255. The summed E-state index contributed by atoms with van der Waals surface area (Å²) in [7, 11) is 1.51. The van der Waals surface area contributed by atoms with Crippen molar-refractivity contribution in [3.8, 4) is 23.0 Å². The third-order valence-corrected chi connectivity index (χ3v) is 10.1. The molecule has 7 rings (SSSR count). The number of carbonyl (C=O) groups is 1. The van der Waals surface area contributed by atoms with E-state index in [9.17, 15) is 9.18 Å². The van der Waals surface area contributed by atoms with Gasteiger partial charge in [0.2, 0.25) is 0 Å². The van der Waals surface area contributed by atoms with Crippen LogP contribution in [0, 0.1) is 5.82 Å². The molecular formula is C37H43ClF2N6O5. The molecule has 3 saturated heterocycles. The van der Waals surface area contributed by atoms with Crippen LogP contribution in [0.25, 0.3) is 32.9 Å². The first kappa shape index (κ1) is 35.3. The van der Waals surface area contributed by atoms with Crippen molar-refractivity contribution in [1.82, 2.24) is 24.9 Å². The van der Waals surface area contributed by atoms with Crippen LogP contribution in [0.5, 0.6) is 11.8 Å². The fraction of sp³-hybridized carbons (Fsp3) is 0.514. The number of anilines is 1.